The SMILES string of the molecule is O=C1[C@@H]2[C@H](ON(c3ccccc3)[C@@H]2c2ccc(Cl)cc2Cl)C(=O)N1c1cccc(F)c1. The summed E-state index contributed by atoms with van der Waals surface area (Å²) in [6.07, 6.45) is -1.06. The summed E-state index contributed by atoms with van der Waals surface area (Å²) in [5.74, 6) is -2.43. The molecule has 5 nitrogen and oxygen atoms in total. The molecule has 8 heteroatoms. The quantitative estimate of drug-likeness (QED) is 0.509. The lowest BCUT2D eigenvalue weighted by Crippen LogP contribution is -2.37. The number of hydrogen-bond donors (Lipinski definition) is 0. The fourth-order valence-electron chi connectivity index (χ4n) is 4.14. The van der Waals surface area contributed by atoms with Gasteiger partial charge in [-0.1, -0.05) is 53.5 Å². The van der Waals surface area contributed by atoms with Crippen LogP contribution in [0.5, 0.6) is 0 Å². The molecule has 2 fully saturated rings. The summed E-state index contributed by atoms with van der Waals surface area (Å²) in [5, 5.41) is 2.35. The van der Waals surface area contributed by atoms with Crippen LogP contribution in [0.25, 0.3) is 0 Å². The maximum absolute atomic E-state index is 13.8. The minimum atomic E-state index is -1.06. The summed E-state index contributed by atoms with van der Waals surface area (Å²) >= 11 is 12.5. The van der Waals surface area contributed by atoms with Gasteiger partial charge in [0.1, 0.15) is 11.7 Å². The van der Waals surface area contributed by atoms with Crippen molar-refractivity contribution in [1.82, 2.24) is 0 Å². The van der Waals surface area contributed by atoms with Gasteiger partial charge in [0.15, 0.2) is 6.10 Å². The first-order chi connectivity index (χ1) is 15.0. The number of halogens is 3. The minimum Gasteiger partial charge on any atom is -0.273 e. The van der Waals surface area contributed by atoms with Gasteiger partial charge in [0.2, 0.25) is 5.91 Å². The lowest BCUT2D eigenvalue weighted by atomic mass is 9.90. The number of anilines is 2. The number of carbonyl (C=O) groups excluding carboxylic acids is 2. The van der Waals surface area contributed by atoms with E-state index in [4.69, 9.17) is 28.0 Å². The Morgan fingerprint density at radius 1 is 0.839 bits per heavy atom. The number of para-hydroxylation sites is 1. The highest BCUT2D eigenvalue weighted by Crippen LogP contribution is 2.49. The van der Waals surface area contributed by atoms with Crippen LogP contribution in [0.15, 0.2) is 72.8 Å². The van der Waals surface area contributed by atoms with Gasteiger partial charge in [-0.05, 0) is 48.0 Å². The molecule has 0 bridgehead atoms. The fourth-order valence-corrected chi connectivity index (χ4v) is 4.66. The predicted molar refractivity (Wildman–Crippen MR) is 115 cm³/mol. The van der Waals surface area contributed by atoms with Crippen LogP contribution in [0, 0.1) is 11.7 Å². The molecule has 2 aliphatic heterocycles. The number of rotatable bonds is 3. The summed E-state index contributed by atoms with van der Waals surface area (Å²) in [5.41, 5.74) is 1.44. The third-order valence-corrected chi connectivity index (χ3v) is 6.04. The Hall–Kier alpha value is -2.93. The number of fused-ring (bicyclic) bond motifs is 1. The van der Waals surface area contributed by atoms with Crippen molar-refractivity contribution in [3.05, 3.63) is 94.2 Å². The summed E-state index contributed by atoms with van der Waals surface area (Å²) in [6, 6.07) is 18.8. The molecule has 0 unspecified atom stereocenters. The first kappa shape index (κ1) is 20.0. The molecule has 2 aliphatic rings. The van der Waals surface area contributed by atoms with Gasteiger partial charge < -0.3 is 0 Å². The zero-order valence-electron chi connectivity index (χ0n) is 15.9. The Balaban J connectivity index is 1.62. The van der Waals surface area contributed by atoms with E-state index in [2.05, 4.69) is 0 Å². The largest absolute Gasteiger partial charge is 0.273 e. The minimum absolute atomic E-state index is 0.167. The van der Waals surface area contributed by atoms with Crippen molar-refractivity contribution in [3.8, 4) is 0 Å². The van der Waals surface area contributed by atoms with Crippen LogP contribution in [0.3, 0.4) is 0 Å². The molecular formula is C23H15Cl2FN2O3. The maximum atomic E-state index is 13.8. The summed E-state index contributed by atoms with van der Waals surface area (Å²) in [6.45, 7) is 0. The molecule has 2 heterocycles. The number of nitrogens with zero attached hydrogens (tertiary/aromatic N) is 2. The normalized spacial score (nSPS) is 22.9. The molecule has 2 saturated heterocycles. The molecule has 156 valence electrons. The maximum Gasteiger partial charge on any atom is 0.266 e. The van der Waals surface area contributed by atoms with Crippen molar-refractivity contribution < 1.29 is 18.8 Å². The molecule has 0 spiro atoms. The summed E-state index contributed by atoms with van der Waals surface area (Å²) in [7, 11) is 0. The molecule has 2 amide bonds. The highest BCUT2D eigenvalue weighted by Gasteiger charge is 2.60. The highest BCUT2D eigenvalue weighted by atomic mass is 35.5. The first-order valence-electron chi connectivity index (χ1n) is 9.55. The fraction of sp³-hybridized carbons (Fsp3) is 0.130. The highest BCUT2D eigenvalue weighted by molar-refractivity contribution is 6.35. The van der Waals surface area contributed by atoms with E-state index in [0.717, 1.165) is 11.0 Å². The molecule has 0 N–H and O–H groups in total. The van der Waals surface area contributed by atoms with Crippen molar-refractivity contribution in [1.29, 1.82) is 0 Å². The van der Waals surface area contributed by atoms with E-state index in [1.165, 1.54) is 18.2 Å². The van der Waals surface area contributed by atoms with Gasteiger partial charge in [0.25, 0.3) is 5.91 Å². The van der Waals surface area contributed by atoms with Crippen molar-refractivity contribution in [2.45, 2.75) is 12.1 Å². The number of imide groups is 1. The van der Waals surface area contributed by atoms with Gasteiger partial charge in [-0.25, -0.2) is 14.4 Å². The van der Waals surface area contributed by atoms with E-state index in [-0.39, 0.29) is 5.69 Å². The molecular weight excluding hydrogens is 442 g/mol. The Morgan fingerprint density at radius 2 is 1.58 bits per heavy atom. The zero-order chi connectivity index (χ0) is 21.7. The summed E-state index contributed by atoms with van der Waals surface area (Å²) in [4.78, 5) is 33.6. The van der Waals surface area contributed by atoms with Crippen molar-refractivity contribution >= 4 is 46.4 Å². The standard InChI is InChI=1S/C23H15Cl2FN2O3/c24-13-9-10-17(18(25)11-13)20-19-21(31-28(20)15-6-2-1-3-7-15)23(30)27(22(19)29)16-8-4-5-14(26)12-16/h1-12,19-21H/t19-,20+,21-/m0/s1. The number of carbonyl (C=O) groups is 2. The van der Waals surface area contributed by atoms with Crippen molar-refractivity contribution in [2.24, 2.45) is 5.92 Å². The van der Waals surface area contributed by atoms with Crippen molar-refractivity contribution in [3.63, 3.8) is 0 Å². The van der Waals surface area contributed by atoms with E-state index in [0.29, 0.717) is 21.3 Å². The summed E-state index contributed by atoms with van der Waals surface area (Å²) < 4.78 is 13.8. The number of hydrogen-bond acceptors (Lipinski definition) is 4. The lowest BCUT2D eigenvalue weighted by Gasteiger charge is -2.29. The van der Waals surface area contributed by atoms with Crippen LogP contribution >= 0.6 is 23.2 Å². The number of benzene rings is 3. The van der Waals surface area contributed by atoms with Gasteiger partial charge in [-0.2, -0.15) is 0 Å². The number of amides is 2. The van der Waals surface area contributed by atoms with Gasteiger partial charge in [-0.3, -0.25) is 14.4 Å². The van der Waals surface area contributed by atoms with Crippen LogP contribution in [0.2, 0.25) is 10.0 Å². The molecule has 0 radical (unpaired) electrons. The van der Waals surface area contributed by atoms with E-state index >= 15 is 0 Å². The van der Waals surface area contributed by atoms with Gasteiger partial charge >= 0.3 is 0 Å². The van der Waals surface area contributed by atoms with Crippen LogP contribution in [0.4, 0.5) is 15.8 Å². The Morgan fingerprint density at radius 3 is 2.29 bits per heavy atom. The molecule has 0 saturated carbocycles. The Kier molecular flexibility index (Phi) is 4.93. The first-order valence-corrected chi connectivity index (χ1v) is 10.3. The van der Waals surface area contributed by atoms with Crippen LogP contribution in [-0.4, -0.2) is 17.9 Å². The average molecular weight is 457 g/mol. The Labute approximate surface area is 187 Å². The Bertz CT molecular complexity index is 1190. The van der Waals surface area contributed by atoms with E-state index in [1.807, 2.05) is 30.3 Å². The van der Waals surface area contributed by atoms with Crippen LogP contribution < -0.4 is 9.96 Å². The van der Waals surface area contributed by atoms with Gasteiger partial charge in [0, 0.05) is 10.0 Å². The lowest BCUT2D eigenvalue weighted by molar-refractivity contribution is -0.126. The monoisotopic (exact) mass is 456 g/mol. The van der Waals surface area contributed by atoms with Gasteiger partial charge in [0.05, 0.1) is 17.4 Å². The molecule has 3 atom stereocenters. The van der Waals surface area contributed by atoms with Crippen LogP contribution in [0.1, 0.15) is 11.6 Å². The second-order valence-electron chi connectivity index (χ2n) is 7.32. The average Bonchev–Trinajstić information content (AvgIpc) is 3.25. The molecule has 5 rings (SSSR count). The third-order valence-electron chi connectivity index (χ3n) is 5.47. The smallest absolute Gasteiger partial charge is 0.266 e. The topological polar surface area (TPSA) is 49.9 Å². The number of hydroxylamine groups is 1. The predicted octanol–water partition coefficient (Wildman–Crippen LogP) is 5.18. The molecule has 0 aromatic heterocycles. The van der Waals surface area contributed by atoms with E-state index in [9.17, 15) is 14.0 Å². The van der Waals surface area contributed by atoms with Crippen LogP contribution in [-0.2, 0) is 14.4 Å². The molecule has 31 heavy (non-hydrogen) atoms. The third kappa shape index (κ3) is 3.28. The second-order valence-corrected chi connectivity index (χ2v) is 8.16. The van der Waals surface area contributed by atoms with Gasteiger partial charge in [-0.15, -0.1) is 0 Å². The molecule has 0 aliphatic carbocycles. The molecule has 3 aromatic rings. The van der Waals surface area contributed by atoms with E-state index < -0.39 is 35.7 Å². The van der Waals surface area contributed by atoms with E-state index in [1.54, 1.807) is 23.3 Å². The second kappa shape index (κ2) is 7.64. The van der Waals surface area contributed by atoms with Crippen molar-refractivity contribution in [2.75, 3.05) is 9.96 Å². The molecule has 3 aromatic carbocycles. The zero-order valence-corrected chi connectivity index (χ0v) is 17.4.